The first-order chi connectivity index (χ1) is 6.38. The number of nitrogens with two attached hydrogens (primary N) is 1. The molecule has 0 spiro atoms. The summed E-state index contributed by atoms with van der Waals surface area (Å²) >= 11 is 0. The Morgan fingerprint density at radius 2 is 1.86 bits per heavy atom. The Morgan fingerprint density at radius 1 is 1.36 bits per heavy atom. The van der Waals surface area contributed by atoms with Crippen LogP contribution in [0.4, 0.5) is 0 Å². The van der Waals surface area contributed by atoms with Crippen LogP contribution < -0.4 is 5.73 Å². The molecular formula is C9H19NO3S. The fourth-order valence-corrected chi connectivity index (χ4v) is 2.87. The van der Waals surface area contributed by atoms with Crippen LogP contribution in [0.15, 0.2) is 0 Å². The molecule has 1 aliphatic rings. The molecule has 0 bridgehead atoms. The van der Waals surface area contributed by atoms with Crippen LogP contribution in [0, 0.1) is 5.92 Å². The van der Waals surface area contributed by atoms with Gasteiger partial charge in [0.05, 0.1) is 11.9 Å². The third-order valence-electron chi connectivity index (χ3n) is 2.83. The quantitative estimate of drug-likeness (QED) is 0.698. The van der Waals surface area contributed by atoms with E-state index in [1.807, 2.05) is 0 Å². The number of aliphatic hydroxyl groups excluding tert-OH is 1. The smallest absolute Gasteiger partial charge is 0.150 e. The molecule has 14 heavy (non-hydrogen) atoms. The van der Waals surface area contributed by atoms with Crippen molar-refractivity contribution in [3.63, 3.8) is 0 Å². The van der Waals surface area contributed by atoms with E-state index in [-0.39, 0.29) is 17.7 Å². The lowest BCUT2D eigenvalue weighted by Crippen LogP contribution is -2.35. The molecule has 0 amide bonds. The van der Waals surface area contributed by atoms with Crippen LogP contribution in [0.1, 0.15) is 25.7 Å². The van der Waals surface area contributed by atoms with E-state index in [1.54, 1.807) is 0 Å². The Morgan fingerprint density at radius 3 is 2.29 bits per heavy atom. The van der Waals surface area contributed by atoms with Gasteiger partial charge in [0.2, 0.25) is 0 Å². The van der Waals surface area contributed by atoms with E-state index < -0.39 is 15.9 Å². The second kappa shape index (κ2) is 4.59. The van der Waals surface area contributed by atoms with Gasteiger partial charge in [0.25, 0.3) is 0 Å². The van der Waals surface area contributed by atoms with Gasteiger partial charge in [-0.1, -0.05) is 0 Å². The Labute approximate surface area is 85.4 Å². The Balaban J connectivity index is 2.42. The molecule has 5 heteroatoms. The second-order valence-corrected chi connectivity index (χ2v) is 6.52. The molecule has 0 aliphatic heterocycles. The Kier molecular flexibility index (Phi) is 3.92. The summed E-state index contributed by atoms with van der Waals surface area (Å²) in [6.07, 6.45) is 3.93. The topological polar surface area (TPSA) is 80.4 Å². The summed E-state index contributed by atoms with van der Waals surface area (Å²) in [4.78, 5) is 0. The van der Waals surface area contributed by atoms with E-state index in [9.17, 15) is 13.5 Å². The van der Waals surface area contributed by atoms with Gasteiger partial charge >= 0.3 is 0 Å². The van der Waals surface area contributed by atoms with Crippen LogP contribution in [0.25, 0.3) is 0 Å². The maximum absolute atomic E-state index is 11.0. The largest absolute Gasteiger partial charge is 0.392 e. The average molecular weight is 221 g/mol. The molecule has 84 valence electrons. The fraction of sp³-hybridized carbons (Fsp3) is 1.00. The summed E-state index contributed by atoms with van der Waals surface area (Å²) < 4.78 is 21.9. The number of aliphatic hydroxyl groups is 1. The van der Waals surface area contributed by atoms with Gasteiger partial charge in [-0.25, -0.2) is 8.42 Å². The lowest BCUT2D eigenvalue weighted by Gasteiger charge is -2.29. The van der Waals surface area contributed by atoms with E-state index >= 15 is 0 Å². The van der Waals surface area contributed by atoms with Crippen LogP contribution in [0.3, 0.4) is 0 Å². The summed E-state index contributed by atoms with van der Waals surface area (Å²) in [5.74, 6) is -0.00285. The van der Waals surface area contributed by atoms with E-state index in [2.05, 4.69) is 0 Å². The SMILES string of the molecule is CS(=O)(=O)CC(O)C1CCC(N)CC1. The molecule has 1 unspecified atom stereocenters. The van der Waals surface area contributed by atoms with Crippen molar-refractivity contribution in [2.75, 3.05) is 12.0 Å². The summed E-state index contributed by atoms with van der Waals surface area (Å²) in [5, 5.41) is 9.68. The molecule has 0 radical (unpaired) electrons. The molecule has 1 atom stereocenters. The molecule has 0 aromatic heterocycles. The monoisotopic (exact) mass is 221 g/mol. The number of sulfone groups is 1. The molecule has 1 fully saturated rings. The van der Waals surface area contributed by atoms with E-state index in [4.69, 9.17) is 5.73 Å². The molecule has 3 N–H and O–H groups in total. The molecule has 1 rings (SSSR count). The van der Waals surface area contributed by atoms with Crippen LogP contribution in [0.5, 0.6) is 0 Å². The highest BCUT2D eigenvalue weighted by Gasteiger charge is 2.26. The minimum atomic E-state index is -3.07. The van der Waals surface area contributed by atoms with Gasteiger partial charge in [-0.15, -0.1) is 0 Å². The maximum Gasteiger partial charge on any atom is 0.150 e. The zero-order chi connectivity index (χ0) is 10.8. The van der Waals surface area contributed by atoms with Crippen molar-refractivity contribution in [2.24, 2.45) is 11.7 Å². The average Bonchev–Trinajstić information content (AvgIpc) is 2.02. The summed E-state index contributed by atoms with van der Waals surface area (Å²) in [7, 11) is -3.07. The van der Waals surface area contributed by atoms with E-state index in [0.717, 1.165) is 31.9 Å². The first-order valence-electron chi connectivity index (χ1n) is 5.00. The first kappa shape index (κ1) is 11.9. The van der Waals surface area contributed by atoms with Gasteiger partial charge < -0.3 is 10.8 Å². The lowest BCUT2D eigenvalue weighted by molar-refractivity contribution is 0.0997. The van der Waals surface area contributed by atoms with Crippen molar-refractivity contribution >= 4 is 9.84 Å². The van der Waals surface area contributed by atoms with Gasteiger partial charge in [0.15, 0.2) is 0 Å². The minimum Gasteiger partial charge on any atom is -0.392 e. The van der Waals surface area contributed by atoms with Crippen LogP contribution in [-0.2, 0) is 9.84 Å². The number of rotatable bonds is 3. The normalized spacial score (nSPS) is 31.4. The van der Waals surface area contributed by atoms with E-state index in [1.165, 1.54) is 0 Å². The standard InChI is InChI=1S/C9H19NO3S/c1-14(12,13)6-9(11)7-2-4-8(10)5-3-7/h7-9,11H,2-6,10H2,1H3. The van der Waals surface area contributed by atoms with Gasteiger partial charge in [-0.05, 0) is 31.6 Å². The van der Waals surface area contributed by atoms with Gasteiger partial charge in [-0.3, -0.25) is 0 Å². The van der Waals surface area contributed by atoms with Crippen molar-refractivity contribution in [2.45, 2.75) is 37.8 Å². The first-order valence-corrected chi connectivity index (χ1v) is 7.06. The Bertz CT molecular complexity index is 268. The highest BCUT2D eigenvalue weighted by molar-refractivity contribution is 7.90. The van der Waals surface area contributed by atoms with Crippen molar-refractivity contribution in [1.82, 2.24) is 0 Å². The predicted molar refractivity (Wildman–Crippen MR) is 55.7 cm³/mol. The molecule has 1 aliphatic carbocycles. The third kappa shape index (κ3) is 3.94. The van der Waals surface area contributed by atoms with Crippen LogP contribution in [-0.4, -0.2) is 37.7 Å². The van der Waals surface area contributed by atoms with Crippen molar-refractivity contribution in [3.8, 4) is 0 Å². The maximum atomic E-state index is 11.0. The molecule has 1 saturated carbocycles. The van der Waals surface area contributed by atoms with Crippen molar-refractivity contribution in [1.29, 1.82) is 0 Å². The summed E-state index contributed by atoms with van der Waals surface area (Å²) in [5.41, 5.74) is 5.72. The summed E-state index contributed by atoms with van der Waals surface area (Å²) in [6, 6.07) is 0.233. The lowest BCUT2D eigenvalue weighted by atomic mass is 9.83. The minimum absolute atomic E-state index is 0.115. The third-order valence-corrected chi connectivity index (χ3v) is 3.78. The number of hydrogen-bond donors (Lipinski definition) is 2. The highest BCUT2D eigenvalue weighted by atomic mass is 32.2. The fourth-order valence-electron chi connectivity index (χ4n) is 1.98. The predicted octanol–water partition coefficient (Wildman–Crippen LogP) is -0.0906. The second-order valence-electron chi connectivity index (χ2n) is 4.33. The molecule has 0 heterocycles. The van der Waals surface area contributed by atoms with Crippen LogP contribution in [0.2, 0.25) is 0 Å². The Hall–Kier alpha value is -0.130. The van der Waals surface area contributed by atoms with E-state index in [0.29, 0.717) is 0 Å². The van der Waals surface area contributed by atoms with Crippen molar-refractivity contribution < 1.29 is 13.5 Å². The molecule has 0 saturated heterocycles. The van der Waals surface area contributed by atoms with Gasteiger partial charge in [-0.2, -0.15) is 0 Å². The molecule has 4 nitrogen and oxygen atoms in total. The highest BCUT2D eigenvalue weighted by Crippen LogP contribution is 2.26. The molecule has 0 aromatic rings. The van der Waals surface area contributed by atoms with Crippen LogP contribution >= 0.6 is 0 Å². The summed E-state index contributed by atoms with van der Waals surface area (Å²) in [6.45, 7) is 0. The van der Waals surface area contributed by atoms with Crippen molar-refractivity contribution in [3.05, 3.63) is 0 Å². The van der Waals surface area contributed by atoms with Gasteiger partial charge in [0, 0.05) is 12.3 Å². The molecular weight excluding hydrogens is 202 g/mol. The zero-order valence-electron chi connectivity index (χ0n) is 8.52. The molecule has 0 aromatic carbocycles. The van der Waals surface area contributed by atoms with Gasteiger partial charge in [0.1, 0.15) is 9.84 Å². The zero-order valence-corrected chi connectivity index (χ0v) is 9.33. The number of hydrogen-bond acceptors (Lipinski definition) is 4.